The summed E-state index contributed by atoms with van der Waals surface area (Å²) in [6.07, 6.45) is 3.93. The Balaban J connectivity index is 1.59. The van der Waals surface area contributed by atoms with Gasteiger partial charge in [-0.1, -0.05) is 24.3 Å². The number of carbonyl (C=O) groups excluding carboxylic acids is 2. The van der Waals surface area contributed by atoms with Gasteiger partial charge < -0.3 is 10.2 Å². The Labute approximate surface area is 184 Å². The van der Waals surface area contributed by atoms with E-state index in [1.807, 2.05) is 23.1 Å². The number of rotatable bonds is 6. The van der Waals surface area contributed by atoms with E-state index in [-0.39, 0.29) is 17.6 Å². The Hall–Kier alpha value is -2.97. The predicted octanol–water partition coefficient (Wildman–Crippen LogP) is 3.75. The van der Waals surface area contributed by atoms with E-state index >= 15 is 0 Å². The van der Waals surface area contributed by atoms with Gasteiger partial charge in [0.15, 0.2) is 0 Å². The lowest BCUT2D eigenvalue weighted by molar-refractivity contribution is -0.122. The van der Waals surface area contributed by atoms with Crippen LogP contribution < -0.4 is 10.2 Å². The number of fused-ring (bicyclic) bond motifs is 1. The van der Waals surface area contributed by atoms with E-state index in [2.05, 4.69) is 29.6 Å². The van der Waals surface area contributed by atoms with E-state index in [0.717, 1.165) is 55.7 Å². The van der Waals surface area contributed by atoms with E-state index in [0.29, 0.717) is 24.3 Å². The van der Waals surface area contributed by atoms with Crippen molar-refractivity contribution in [3.05, 3.63) is 64.7 Å². The van der Waals surface area contributed by atoms with Crippen molar-refractivity contribution in [2.45, 2.75) is 44.9 Å². The third kappa shape index (κ3) is 4.70. The van der Waals surface area contributed by atoms with Gasteiger partial charge in [-0.15, -0.1) is 0 Å². The van der Waals surface area contributed by atoms with Crippen molar-refractivity contribution in [1.82, 2.24) is 5.32 Å². The van der Waals surface area contributed by atoms with E-state index in [1.54, 1.807) is 13.0 Å². The molecule has 2 aromatic carbocycles. The van der Waals surface area contributed by atoms with Crippen LogP contribution in [0.1, 0.15) is 54.4 Å². The number of aryl methyl sites for hydroxylation is 1. The molecule has 0 spiro atoms. The monoisotopic (exact) mass is 415 g/mol. The molecule has 2 heterocycles. The van der Waals surface area contributed by atoms with Gasteiger partial charge in [0.1, 0.15) is 5.78 Å². The molecule has 0 radical (unpaired) electrons. The molecule has 5 heteroatoms. The summed E-state index contributed by atoms with van der Waals surface area (Å²) < 4.78 is 0. The minimum atomic E-state index is -0.152. The van der Waals surface area contributed by atoms with Gasteiger partial charge in [-0.05, 0) is 79.6 Å². The first-order chi connectivity index (χ1) is 15.1. The van der Waals surface area contributed by atoms with Crippen LogP contribution >= 0.6 is 0 Å². The number of ketones is 1. The smallest absolute Gasteiger partial charge is 0.223 e. The molecule has 2 aliphatic rings. The number of anilines is 1. The maximum atomic E-state index is 13.5. The van der Waals surface area contributed by atoms with Crippen LogP contribution in [-0.4, -0.2) is 31.3 Å². The zero-order valence-corrected chi connectivity index (χ0v) is 18.1. The molecule has 1 atom stereocenters. The number of Topliss-reactive ketones (excluding diaryl/α,β-unsaturated/α-hetero) is 1. The summed E-state index contributed by atoms with van der Waals surface area (Å²) in [5.74, 6) is 0.463. The van der Waals surface area contributed by atoms with Crippen LogP contribution in [0.2, 0.25) is 0 Å². The van der Waals surface area contributed by atoms with Crippen molar-refractivity contribution >= 4 is 17.4 Å². The first-order valence-corrected chi connectivity index (χ1v) is 11.2. The molecule has 5 nitrogen and oxygen atoms in total. The van der Waals surface area contributed by atoms with Gasteiger partial charge in [0, 0.05) is 31.5 Å². The van der Waals surface area contributed by atoms with Crippen molar-refractivity contribution in [2.75, 3.05) is 24.5 Å². The number of benzene rings is 2. The molecule has 1 saturated heterocycles. The maximum Gasteiger partial charge on any atom is 0.223 e. The zero-order chi connectivity index (χ0) is 21.8. The molecule has 0 aromatic heterocycles. The second-order valence-electron chi connectivity index (χ2n) is 8.65. The van der Waals surface area contributed by atoms with Gasteiger partial charge in [-0.3, -0.25) is 9.59 Å². The first kappa shape index (κ1) is 21.3. The third-order valence-corrected chi connectivity index (χ3v) is 6.66. The number of nitrogens with zero attached hydrogens (tertiary/aromatic N) is 2. The van der Waals surface area contributed by atoms with E-state index in [4.69, 9.17) is 5.26 Å². The Bertz CT molecular complexity index is 1020. The van der Waals surface area contributed by atoms with Crippen LogP contribution in [0.5, 0.6) is 0 Å². The largest absolute Gasteiger partial charge is 0.317 e. The molecule has 0 bridgehead atoms. The van der Waals surface area contributed by atoms with Crippen LogP contribution in [0.3, 0.4) is 0 Å². The van der Waals surface area contributed by atoms with Crippen LogP contribution in [0.4, 0.5) is 5.69 Å². The van der Waals surface area contributed by atoms with Gasteiger partial charge in [-0.2, -0.15) is 5.26 Å². The third-order valence-electron chi connectivity index (χ3n) is 6.66. The summed E-state index contributed by atoms with van der Waals surface area (Å²) in [5, 5.41) is 12.5. The number of piperidine rings is 1. The number of amides is 1. The molecule has 160 valence electrons. The van der Waals surface area contributed by atoms with Crippen LogP contribution in [0.25, 0.3) is 0 Å². The molecule has 2 aromatic rings. The van der Waals surface area contributed by atoms with Gasteiger partial charge in [0.25, 0.3) is 0 Å². The summed E-state index contributed by atoms with van der Waals surface area (Å²) in [7, 11) is 0. The molecular formula is C26H29N3O2. The molecule has 1 amide bonds. The molecule has 1 fully saturated rings. The summed E-state index contributed by atoms with van der Waals surface area (Å²) in [5.41, 5.74) is 4.84. The fourth-order valence-electron chi connectivity index (χ4n) is 5.03. The predicted molar refractivity (Wildman–Crippen MR) is 121 cm³/mol. The van der Waals surface area contributed by atoms with Gasteiger partial charge >= 0.3 is 0 Å². The summed E-state index contributed by atoms with van der Waals surface area (Å²) in [4.78, 5) is 27.4. The van der Waals surface area contributed by atoms with Gasteiger partial charge in [-0.25, -0.2) is 0 Å². The Morgan fingerprint density at radius 3 is 2.74 bits per heavy atom. The van der Waals surface area contributed by atoms with Crippen LogP contribution in [0.15, 0.2) is 42.5 Å². The zero-order valence-electron chi connectivity index (χ0n) is 18.1. The van der Waals surface area contributed by atoms with Gasteiger partial charge in [0.2, 0.25) is 5.91 Å². The minimum absolute atomic E-state index is 0.0537. The number of nitrogens with one attached hydrogen (secondary N) is 1. The first-order valence-electron chi connectivity index (χ1n) is 11.2. The highest BCUT2D eigenvalue weighted by atomic mass is 16.2. The van der Waals surface area contributed by atoms with Crippen LogP contribution in [-0.2, 0) is 22.4 Å². The van der Waals surface area contributed by atoms with E-state index in [1.165, 1.54) is 5.56 Å². The summed E-state index contributed by atoms with van der Waals surface area (Å²) >= 11 is 0. The van der Waals surface area contributed by atoms with Crippen LogP contribution in [0, 0.1) is 17.2 Å². The molecule has 4 rings (SSSR count). The summed E-state index contributed by atoms with van der Waals surface area (Å²) in [6.45, 7) is 4.19. The highest BCUT2D eigenvalue weighted by Gasteiger charge is 2.32. The SMILES string of the molecule is CC(=O)N1CCc2ccc(C(C(=O)CCc3cccc(C#N)c3)C3CCNCC3)cc21. The molecule has 0 aliphatic carbocycles. The number of nitriles is 1. The molecular weight excluding hydrogens is 386 g/mol. The quantitative estimate of drug-likeness (QED) is 0.780. The van der Waals surface area contributed by atoms with Crippen molar-refractivity contribution in [2.24, 2.45) is 5.92 Å². The molecule has 1 unspecified atom stereocenters. The van der Waals surface area contributed by atoms with Crippen molar-refractivity contribution in [3.8, 4) is 6.07 Å². The minimum Gasteiger partial charge on any atom is -0.317 e. The highest BCUT2D eigenvalue weighted by Crippen LogP contribution is 2.37. The average Bonchev–Trinajstić information content (AvgIpc) is 3.22. The second kappa shape index (κ2) is 9.45. The topological polar surface area (TPSA) is 73.2 Å². The average molecular weight is 416 g/mol. The molecule has 31 heavy (non-hydrogen) atoms. The lowest BCUT2D eigenvalue weighted by Crippen LogP contribution is -2.34. The number of hydrogen-bond acceptors (Lipinski definition) is 4. The van der Waals surface area contributed by atoms with Gasteiger partial charge in [0.05, 0.1) is 11.6 Å². The number of carbonyl (C=O) groups is 2. The highest BCUT2D eigenvalue weighted by molar-refractivity contribution is 5.94. The molecule has 1 N–H and O–H groups in total. The fourth-order valence-corrected chi connectivity index (χ4v) is 5.03. The van der Waals surface area contributed by atoms with Crippen molar-refractivity contribution in [3.63, 3.8) is 0 Å². The standard InChI is InChI=1S/C26H29N3O2/c1-18(30)29-14-11-21-6-7-23(16-24(21)29)26(22-9-12-28-13-10-22)25(31)8-5-19-3-2-4-20(15-19)17-27/h2-4,6-7,15-16,22,26,28H,5,8-14H2,1H3. The maximum absolute atomic E-state index is 13.5. The molecule has 0 saturated carbocycles. The fraction of sp³-hybridized carbons (Fsp3) is 0.423. The van der Waals surface area contributed by atoms with Crippen molar-refractivity contribution < 1.29 is 9.59 Å². The Kier molecular flexibility index (Phi) is 6.48. The second-order valence-corrected chi connectivity index (χ2v) is 8.65. The Morgan fingerprint density at radius 1 is 1.19 bits per heavy atom. The lowest BCUT2D eigenvalue weighted by Gasteiger charge is -2.31. The van der Waals surface area contributed by atoms with E-state index in [9.17, 15) is 9.59 Å². The van der Waals surface area contributed by atoms with E-state index < -0.39 is 0 Å². The number of hydrogen-bond donors (Lipinski definition) is 1. The van der Waals surface area contributed by atoms with Crippen molar-refractivity contribution in [1.29, 1.82) is 5.26 Å². The Morgan fingerprint density at radius 2 is 2.00 bits per heavy atom. The normalized spacial score (nSPS) is 17.1. The lowest BCUT2D eigenvalue weighted by atomic mass is 9.76. The summed E-state index contributed by atoms with van der Waals surface area (Å²) in [6, 6.07) is 16.0. The molecule has 2 aliphatic heterocycles.